The third-order valence-corrected chi connectivity index (χ3v) is 4.36. The van der Waals surface area contributed by atoms with Crippen LogP contribution in [0.4, 0.5) is 5.95 Å². The number of para-hydroxylation sites is 2. The summed E-state index contributed by atoms with van der Waals surface area (Å²) in [5.41, 5.74) is 5.00. The molecule has 29 heavy (non-hydrogen) atoms. The molecule has 0 fully saturated rings. The van der Waals surface area contributed by atoms with Gasteiger partial charge in [0.15, 0.2) is 0 Å². The van der Waals surface area contributed by atoms with Gasteiger partial charge in [0.2, 0.25) is 5.95 Å². The molecule has 0 amide bonds. The first kappa shape index (κ1) is 18.4. The Morgan fingerprint density at radius 1 is 1.00 bits per heavy atom. The fraction of sp³-hybridized carbons (Fsp3) is 0.0870. The average Bonchev–Trinajstić information content (AvgIpc) is 2.76. The van der Waals surface area contributed by atoms with E-state index in [2.05, 4.69) is 15.5 Å². The molecule has 0 aliphatic heterocycles. The number of hydrogen-bond acceptors (Lipinski definition) is 5. The number of nitrogens with zero attached hydrogens (tertiary/aromatic N) is 3. The molecule has 0 atom stereocenters. The number of rotatable bonds is 6. The SMILES string of the molecule is CCOc1ccc(C=NNc2nc3ccccc3c(=O)n2-c2ccccc2)cc1. The van der Waals surface area contributed by atoms with Crippen LogP contribution in [0.2, 0.25) is 0 Å². The lowest BCUT2D eigenvalue weighted by Crippen LogP contribution is -2.22. The molecular weight excluding hydrogens is 364 g/mol. The highest BCUT2D eigenvalue weighted by Crippen LogP contribution is 2.16. The van der Waals surface area contributed by atoms with Gasteiger partial charge in [-0.3, -0.25) is 4.79 Å². The Labute approximate surface area is 168 Å². The van der Waals surface area contributed by atoms with E-state index in [0.717, 1.165) is 17.0 Å². The average molecular weight is 384 g/mol. The summed E-state index contributed by atoms with van der Waals surface area (Å²) in [6, 6.07) is 24.3. The van der Waals surface area contributed by atoms with E-state index >= 15 is 0 Å². The van der Waals surface area contributed by atoms with Gasteiger partial charge in [0.05, 0.1) is 29.4 Å². The molecule has 1 aromatic heterocycles. The second kappa shape index (κ2) is 8.39. The first-order chi connectivity index (χ1) is 14.3. The van der Waals surface area contributed by atoms with Crippen LogP contribution >= 0.6 is 0 Å². The lowest BCUT2D eigenvalue weighted by atomic mass is 10.2. The lowest BCUT2D eigenvalue weighted by Gasteiger charge is -2.12. The number of hydrazone groups is 1. The first-order valence-corrected chi connectivity index (χ1v) is 9.35. The van der Waals surface area contributed by atoms with Crippen molar-refractivity contribution in [3.63, 3.8) is 0 Å². The number of anilines is 1. The summed E-state index contributed by atoms with van der Waals surface area (Å²) in [4.78, 5) is 17.7. The Kier molecular flexibility index (Phi) is 5.33. The Balaban J connectivity index is 1.70. The van der Waals surface area contributed by atoms with Gasteiger partial charge in [-0.1, -0.05) is 30.3 Å². The molecule has 3 aromatic carbocycles. The van der Waals surface area contributed by atoms with E-state index in [4.69, 9.17) is 4.74 Å². The molecule has 0 radical (unpaired) electrons. The molecule has 0 aliphatic rings. The van der Waals surface area contributed by atoms with E-state index in [-0.39, 0.29) is 5.56 Å². The van der Waals surface area contributed by atoms with Crippen LogP contribution in [-0.2, 0) is 0 Å². The topological polar surface area (TPSA) is 68.5 Å². The number of benzene rings is 3. The standard InChI is InChI=1S/C23H20N4O2/c1-2-29-19-14-12-17(13-15-19)16-24-26-23-25-21-11-7-6-10-20(21)22(28)27(23)18-8-4-3-5-9-18/h3-16H,2H2,1H3,(H,25,26). The van der Waals surface area contributed by atoms with Gasteiger partial charge in [-0.15, -0.1) is 0 Å². The van der Waals surface area contributed by atoms with Crippen molar-refractivity contribution in [3.05, 3.63) is 94.8 Å². The minimum atomic E-state index is -0.152. The van der Waals surface area contributed by atoms with Crippen LogP contribution < -0.4 is 15.7 Å². The fourth-order valence-corrected chi connectivity index (χ4v) is 3.01. The van der Waals surface area contributed by atoms with Crippen LogP contribution in [0, 0.1) is 0 Å². The Hall–Kier alpha value is -3.93. The highest BCUT2D eigenvalue weighted by molar-refractivity contribution is 5.81. The molecule has 4 rings (SSSR count). The van der Waals surface area contributed by atoms with E-state index in [1.165, 1.54) is 4.57 Å². The normalized spacial score (nSPS) is 11.1. The highest BCUT2D eigenvalue weighted by atomic mass is 16.5. The van der Waals surface area contributed by atoms with Gasteiger partial charge < -0.3 is 4.74 Å². The van der Waals surface area contributed by atoms with Gasteiger partial charge in [-0.25, -0.2) is 15.0 Å². The van der Waals surface area contributed by atoms with E-state index in [9.17, 15) is 4.79 Å². The van der Waals surface area contributed by atoms with Gasteiger partial charge in [-0.2, -0.15) is 5.10 Å². The maximum atomic E-state index is 13.1. The zero-order valence-electron chi connectivity index (χ0n) is 15.9. The highest BCUT2D eigenvalue weighted by Gasteiger charge is 2.11. The predicted molar refractivity (Wildman–Crippen MR) is 116 cm³/mol. The molecule has 144 valence electrons. The molecule has 6 heteroatoms. The predicted octanol–water partition coefficient (Wildman–Crippen LogP) is 4.23. The summed E-state index contributed by atoms with van der Waals surface area (Å²) in [5, 5.41) is 4.84. The number of fused-ring (bicyclic) bond motifs is 1. The van der Waals surface area contributed by atoms with Gasteiger partial charge in [-0.05, 0) is 61.0 Å². The van der Waals surface area contributed by atoms with Crippen molar-refractivity contribution >= 4 is 23.1 Å². The van der Waals surface area contributed by atoms with Crippen molar-refractivity contribution in [2.24, 2.45) is 5.10 Å². The Morgan fingerprint density at radius 3 is 2.48 bits per heavy atom. The van der Waals surface area contributed by atoms with Crippen LogP contribution in [0.1, 0.15) is 12.5 Å². The second-order valence-corrected chi connectivity index (χ2v) is 6.30. The lowest BCUT2D eigenvalue weighted by molar-refractivity contribution is 0.340. The van der Waals surface area contributed by atoms with E-state index in [1.54, 1.807) is 12.3 Å². The summed E-state index contributed by atoms with van der Waals surface area (Å²) in [6.45, 7) is 2.57. The van der Waals surface area contributed by atoms with Crippen molar-refractivity contribution in [2.75, 3.05) is 12.0 Å². The van der Waals surface area contributed by atoms with Gasteiger partial charge in [0.25, 0.3) is 5.56 Å². The Morgan fingerprint density at radius 2 is 1.72 bits per heavy atom. The maximum absolute atomic E-state index is 13.1. The van der Waals surface area contributed by atoms with Gasteiger partial charge >= 0.3 is 0 Å². The van der Waals surface area contributed by atoms with Crippen molar-refractivity contribution in [2.45, 2.75) is 6.92 Å². The summed E-state index contributed by atoms with van der Waals surface area (Å²) in [5.74, 6) is 1.16. The molecule has 0 aliphatic carbocycles. The molecule has 0 bridgehead atoms. The van der Waals surface area contributed by atoms with Crippen molar-refractivity contribution in [3.8, 4) is 11.4 Å². The Bertz CT molecular complexity index is 1200. The quantitative estimate of drug-likeness (QED) is 0.399. The van der Waals surface area contributed by atoms with Crippen LogP contribution in [0.25, 0.3) is 16.6 Å². The molecule has 4 aromatic rings. The van der Waals surface area contributed by atoms with E-state index in [0.29, 0.717) is 23.5 Å². The third-order valence-electron chi connectivity index (χ3n) is 4.36. The number of hydrogen-bond donors (Lipinski definition) is 1. The molecule has 0 saturated heterocycles. The van der Waals surface area contributed by atoms with Crippen molar-refractivity contribution in [1.29, 1.82) is 0 Å². The molecule has 1 N–H and O–H groups in total. The van der Waals surface area contributed by atoms with Gasteiger partial charge in [0.1, 0.15) is 5.75 Å². The number of aromatic nitrogens is 2. The van der Waals surface area contributed by atoms with Crippen LogP contribution in [0.3, 0.4) is 0 Å². The number of ether oxygens (including phenoxy) is 1. The zero-order valence-corrected chi connectivity index (χ0v) is 15.9. The van der Waals surface area contributed by atoms with E-state index < -0.39 is 0 Å². The summed E-state index contributed by atoms with van der Waals surface area (Å²) < 4.78 is 6.97. The minimum absolute atomic E-state index is 0.152. The van der Waals surface area contributed by atoms with Crippen molar-refractivity contribution < 1.29 is 4.74 Å². The first-order valence-electron chi connectivity index (χ1n) is 9.35. The minimum Gasteiger partial charge on any atom is -0.494 e. The smallest absolute Gasteiger partial charge is 0.267 e. The molecule has 1 heterocycles. The number of nitrogens with one attached hydrogen (secondary N) is 1. The maximum Gasteiger partial charge on any atom is 0.267 e. The van der Waals surface area contributed by atoms with Crippen LogP contribution in [0.5, 0.6) is 5.75 Å². The summed E-state index contributed by atoms with van der Waals surface area (Å²) >= 11 is 0. The molecule has 6 nitrogen and oxygen atoms in total. The van der Waals surface area contributed by atoms with E-state index in [1.807, 2.05) is 79.7 Å². The van der Waals surface area contributed by atoms with Crippen molar-refractivity contribution in [1.82, 2.24) is 9.55 Å². The molecular formula is C23H20N4O2. The zero-order chi connectivity index (χ0) is 20.1. The monoisotopic (exact) mass is 384 g/mol. The second-order valence-electron chi connectivity index (χ2n) is 6.30. The largest absolute Gasteiger partial charge is 0.494 e. The molecule has 0 spiro atoms. The summed E-state index contributed by atoms with van der Waals surface area (Å²) in [7, 11) is 0. The van der Waals surface area contributed by atoms with Crippen LogP contribution in [-0.4, -0.2) is 22.4 Å². The summed E-state index contributed by atoms with van der Waals surface area (Å²) in [6.07, 6.45) is 1.67. The fourth-order valence-electron chi connectivity index (χ4n) is 3.01. The molecule has 0 saturated carbocycles. The van der Waals surface area contributed by atoms with Crippen LogP contribution in [0.15, 0.2) is 88.8 Å². The third kappa shape index (κ3) is 4.01. The molecule has 0 unspecified atom stereocenters. The van der Waals surface area contributed by atoms with Gasteiger partial charge in [0, 0.05) is 0 Å².